The van der Waals surface area contributed by atoms with Crippen LogP contribution in [-0.2, 0) is 0 Å². The van der Waals surface area contributed by atoms with E-state index >= 15 is 0 Å². The van der Waals surface area contributed by atoms with E-state index in [4.69, 9.17) is 0 Å². The lowest BCUT2D eigenvalue weighted by Crippen LogP contribution is -1.79. The zero-order chi connectivity index (χ0) is 8.39. The van der Waals surface area contributed by atoms with E-state index < -0.39 is 0 Å². The van der Waals surface area contributed by atoms with Gasteiger partial charge in [0.15, 0.2) is 0 Å². The van der Waals surface area contributed by atoms with E-state index in [1.165, 1.54) is 12.1 Å². The first-order valence-corrected chi connectivity index (χ1v) is 3.85. The molecule has 1 aromatic carbocycles. The van der Waals surface area contributed by atoms with Crippen LogP contribution in [0.15, 0.2) is 35.3 Å². The predicted octanol–water partition coefficient (Wildman–Crippen LogP) is 2.64. The molecule has 0 fully saturated rings. The quantitative estimate of drug-likeness (QED) is 0.600. The Hall–Kier alpha value is -1.44. The number of hydrogen-bond donors (Lipinski definition) is 0. The van der Waals surface area contributed by atoms with Gasteiger partial charge in [-0.25, -0.2) is 4.39 Å². The van der Waals surface area contributed by atoms with Crippen LogP contribution in [0.25, 0.3) is 5.70 Å². The van der Waals surface area contributed by atoms with Gasteiger partial charge in [-0.3, -0.25) is 4.99 Å². The summed E-state index contributed by atoms with van der Waals surface area (Å²) in [6.45, 7) is 0. The molecule has 0 atom stereocenters. The summed E-state index contributed by atoms with van der Waals surface area (Å²) in [5.41, 5.74) is 1.92. The van der Waals surface area contributed by atoms with Gasteiger partial charge in [-0.15, -0.1) is 0 Å². The van der Waals surface area contributed by atoms with Gasteiger partial charge in [-0.1, -0.05) is 6.08 Å². The summed E-state index contributed by atoms with van der Waals surface area (Å²) in [5, 5.41) is 0. The lowest BCUT2D eigenvalue weighted by Gasteiger charge is -1.97. The highest BCUT2D eigenvalue weighted by molar-refractivity contribution is 5.80. The maximum Gasteiger partial charge on any atom is 0.123 e. The number of halogens is 1. The van der Waals surface area contributed by atoms with Crippen LogP contribution in [0.3, 0.4) is 0 Å². The average Bonchev–Trinajstić information content (AvgIpc) is 2.58. The van der Waals surface area contributed by atoms with E-state index in [0.29, 0.717) is 0 Å². The number of allylic oxidation sites excluding steroid dienone is 1. The second-order valence-corrected chi connectivity index (χ2v) is 2.64. The van der Waals surface area contributed by atoms with Gasteiger partial charge < -0.3 is 0 Å². The Morgan fingerprint density at radius 3 is 2.50 bits per heavy atom. The molecule has 1 heterocycles. The van der Waals surface area contributed by atoms with Crippen molar-refractivity contribution < 1.29 is 4.39 Å². The summed E-state index contributed by atoms with van der Waals surface area (Å²) in [5.74, 6) is -0.207. The first-order chi connectivity index (χ1) is 5.86. The second-order valence-electron chi connectivity index (χ2n) is 2.64. The fraction of sp³-hybridized carbons (Fsp3) is 0.100. The zero-order valence-corrected chi connectivity index (χ0v) is 6.50. The Bertz CT molecular complexity index is 335. The molecule has 0 unspecified atom stereocenters. The number of benzene rings is 1. The van der Waals surface area contributed by atoms with Crippen molar-refractivity contribution in [2.24, 2.45) is 4.99 Å². The van der Waals surface area contributed by atoms with Crippen molar-refractivity contribution in [1.82, 2.24) is 0 Å². The van der Waals surface area contributed by atoms with Gasteiger partial charge >= 0.3 is 0 Å². The van der Waals surface area contributed by atoms with Gasteiger partial charge in [0.25, 0.3) is 0 Å². The first kappa shape index (κ1) is 7.22. The standard InChI is InChI=1S/C10H8FN/c11-9-5-3-8(4-6-9)10-2-1-7-12-10/h2-7H,1H2. The van der Waals surface area contributed by atoms with Crippen LogP contribution < -0.4 is 0 Å². The Labute approximate surface area is 70.3 Å². The van der Waals surface area contributed by atoms with Gasteiger partial charge in [0, 0.05) is 12.6 Å². The molecule has 1 nitrogen and oxygen atoms in total. The summed E-state index contributed by atoms with van der Waals surface area (Å²) in [6, 6.07) is 6.38. The second kappa shape index (κ2) is 2.89. The molecule has 60 valence electrons. The minimum absolute atomic E-state index is 0.207. The molecule has 0 saturated carbocycles. The van der Waals surface area contributed by atoms with Crippen molar-refractivity contribution >= 4 is 11.9 Å². The molecule has 2 heteroatoms. The van der Waals surface area contributed by atoms with E-state index in [1.54, 1.807) is 12.1 Å². The van der Waals surface area contributed by atoms with Gasteiger partial charge in [0.1, 0.15) is 5.82 Å². The largest absolute Gasteiger partial charge is 0.261 e. The van der Waals surface area contributed by atoms with E-state index in [2.05, 4.69) is 4.99 Å². The third kappa shape index (κ3) is 1.28. The number of rotatable bonds is 1. The Morgan fingerprint density at radius 1 is 1.17 bits per heavy atom. The molecule has 1 aromatic rings. The monoisotopic (exact) mass is 161 g/mol. The highest BCUT2D eigenvalue weighted by Gasteiger charge is 2.01. The summed E-state index contributed by atoms with van der Waals surface area (Å²) in [4.78, 5) is 4.15. The Kier molecular flexibility index (Phi) is 1.74. The molecule has 0 aromatic heterocycles. The molecular formula is C10H8FN. The normalized spacial score (nSPS) is 14.9. The van der Waals surface area contributed by atoms with Crippen LogP contribution in [0, 0.1) is 5.82 Å². The Morgan fingerprint density at radius 2 is 1.92 bits per heavy atom. The number of hydrogen-bond acceptors (Lipinski definition) is 1. The molecule has 1 aliphatic rings. The van der Waals surface area contributed by atoms with Crippen molar-refractivity contribution in [2.45, 2.75) is 6.42 Å². The van der Waals surface area contributed by atoms with E-state index in [9.17, 15) is 4.39 Å². The summed E-state index contributed by atoms with van der Waals surface area (Å²) in [7, 11) is 0. The third-order valence-corrected chi connectivity index (χ3v) is 1.79. The molecule has 0 N–H and O–H groups in total. The van der Waals surface area contributed by atoms with E-state index in [0.717, 1.165) is 17.7 Å². The van der Waals surface area contributed by atoms with Crippen molar-refractivity contribution in [1.29, 1.82) is 0 Å². The van der Waals surface area contributed by atoms with Crippen LogP contribution >= 0.6 is 0 Å². The topological polar surface area (TPSA) is 12.4 Å². The van der Waals surface area contributed by atoms with Crippen LogP contribution in [0.4, 0.5) is 4.39 Å². The van der Waals surface area contributed by atoms with E-state index in [1.807, 2.05) is 12.3 Å². The first-order valence-electron chi connectivity index (χ1n) is 3.85. The molecule has 0 amide bonds. The molecule has 0 saturated heterocycles. The van der Waals surface area contributed by atoms with Crippen LogP contribution in [0.2, 0.25) is 0 Å². The van der Waals surface area contributed by atoms with Crippen LogP contribution in [0.1, 0.15) is 12.0 Å². The SMILES string of the molecule is Fc1ccc(C2=CCC=N2)cc1. The minimum Gasteiger partial charge on any atom is -0.261 e. The minimum atomic E-state index is -0.207. The van der Waals surface area contributed by atoms with Crippen molar-refractivity contribution in [3.63, 3.8) is 0 Å². The summed E-state index contributed by atoms with van der Waals surface area (Å²) in [6.07, 6.45) is 4.75. The maximum absolute atomic E-state index is 12.5. The predicted molar refractivity (Wildman–Crippen MR) is 47.5 cm³/mol. The highest BCUT2D eigenvalue weighted by atomic mass is 19.1. The molecule has 0 spiro atoms. The van der Waals surface area contributed by atoms with Crippen molar-refractivity contribution in [2.75, 3.05) is 0 Å². The number of aliphatic imine (C=N–C) groups is 1. The summed E-state index contributed by atoms with van der Waals surface area (Å²) < 4.78 is 12.5. The van der Waals surface area contributed by atoms with Gasteiger partial charge in [-0.2, -0.15) is 0 Å². The molecule has 0 aliphatic carbocycles. The van der Waals surface area contributed by atoms with Crippen LogP contribution in [-0.4, -0.2) is 6.21 Å². The molecular weight excluding hydrogens is 153 g/mol. The van der Waals surface area contributed by atoms with Gasteiger partial charge in [0.05, 0.1) is 5.70 Å². The highest BCUT2D eigenvalue weighted by Crippen LogP contribution is 2.19. The average molecular weight is 161 g/mol. The molecule has 0 radical (unpaired) electrons. The molecule has 1 aliphatic heterocycles. The number of nitrogens with zero attached hydrogens (tertiary/aromatic N) is 1. The van der Waals surface area contributed by atoms with Crippen molar-refractivity contribution in [3.8, 4) is 0 Å². The van der Waals surface area contributed by atoms with Crippen LogP contribution in [0.5, 0.6) is 0 Å². The molecule has 0 bridgehead atoms. The van der Waals surface area contributed by atoms with Crippen molar-refractivity contribution in [3.05, 3.63) is 41.7 Å². The van der Waals surface area contributed by atoms with E-state index in [-0.39, 0.29) is 5.82 Å². The van der Waals surface area contributed by atoms with Gasteiger partial charge in [0.2, 0.25) is 0 Å². The Balaban J connectivity index is 2.35. The smallest absolute Gasteiger partial charge is 0.123 e. The maximum atomic E-state index is 12.5. The molecule has 2 rings (SSSR count). The third-order valence-electron chi connectivity index (χ3n) is 1.79. The van der Waals surface area contributed by atoms with Gasteiger partial charge in [-0.05, 0) is 29.8 Å². The summed E-state index contributed by atoms with van der Waals surface area (Å²) >= 11 is 0. The fourth-order valence-corrected chi connectivity index (χ4v) is 1.18. The fourth-order valence-electron chi connectivity index (χ4n) is 1.18. The lowest BCUT2D eigenvalue weighted by atomic mass is 10.1. The lowest BCUT2D eigenvalue weighted by molar-refractivity contribution is 0.627. The molecule has 12 heavy (non-hydrogen) atoms. The zero-order valence-electron chi connectivity index (χ0n) is 6.50.